The van der Waals surface area contributed by atoms with Crippen LogP contribution in [0.3, 0.4) is 0 Å². The topological polar surface area (TPSA) is 79.3 Å². The number of carbonyl (C=O) groups excluding carboxylic acids is 1. The summed E-state index contributed by atoms with van der Waals surface area (Å²) in [5.74, 6) is -1.02. The fourth-order valence-corrected chi connectivity index (χ4v) is 3.06. The molecule has 0 radical (unpaired) electrons. The van der Waals surface area contributed by atoms with Gasteiger partial charge in [0, 0.05) is 5.92 Å². The summed E-state index contributed by atoms with van der Waals surface area (Å²) in [7, 11) is 0. The number of nitrogens with zero attached hydrogens (tertiary/aromatic N) is 1. The molecule has 0 fully saturated rings. The second kappa shape index (κ2) is 5.05. The van der Waals surface area contributed by atoms with E-state index in [0.29, 0.717) is 10.6 Å². The first kappa shape index (κ1) is 12.8. The first-order chi connectivity index (χ1) is 9.63. The van der Waals surface area contributed by atoms with Crippen LogP contribution in [0.15, 0.2) is 30.4 Å². The number of nitrogens with one attached hydrogen (secondary N) is 1. The lowest BCUT2D eigenvalue weighted by molar-refractivity contribution is -0.119. The third kappa shape index (κ3) is 2.42. The van der Waals surface area contributed by atoms with E-state index in [1.54, 1.807) is 12.1 Å². The van der Waals surface area contributed by atoms with Crippen LogP contribution in [0.4, 0.5) is 5.13 Å². The van der Waals surface area contributed by atoms with Gasteiger partial charge in [-0.15, -0.1) is 0 Å². The highest BCUT2D eigenvalue weighted by molar-refractivity contribution is 7.22. The van der Waals surface area contributed by atoms with E-state index < -0.39 is 5.97 Å². The van der Waals surface area contributed by atoms with Crippen molar-refractivity contribution in [1.29, 1.82) is 0 Å². The van der Waals surface area contributed by atoms with Gasteiger partial charge in [0.1, 0.15) is 0 Å². The zero-order chi connectivity index (χ0) is 14.1. The van der Waals surface area contributed by atoms with E-state index in [1.807, 2.05) is 12.2 Å². The van der Waals surface area contributed by atoms with Gasteiger partial charge in [0.2, 0.25) is 5.91 Å². The second-order valence-corrected chi connectivity index (χ2v) is 5.67. The SMILES string of the molecule is O=C(O)c1ccc2nc(NC(=O)C3CC=CC3)sc2c1. The number of hydrogen-bond donors (Lipinski definition) is 2. The molecule has 0 aliphatic heterocycles. The number of fused-ring (bicyclic) bond motifs is 1. The van der Waals surface area contributed by atoms with Crippen molar-refractivity contribution in [2.24, 2.45) is 5.92 Å². The lowest BCUT2D eigenvalue weighted by Gasteiger charge is -2.07. The van der Waals surface area contributed by atoms with E-state index in [9.17, 15) is 9.59 Å². The van der Waals surface area contributed by atoms with Gasteiger partial charge < -0.3 is 10.4 Å². The van der Waals surface area contributed by atoms with Crippen molar-refractivity contribution in [3.05, 3.63) is 35.9 Å². The van der Waals surface area contributed by atoms with Crippen molar-refractivity contribution >= 4 is 38.6 Å². The molecule has 3 rings (SSSR count). The highest BCUT2D eigenvalue weighted by Gasteiger charge is 2.20. The van der Waals surface area contributed by atoms with Crippen LogP contribution in [0, 0.1) is 5.92 Å². The number of hydrogen-bond acceptors (Lipinski definition) is 4. The minimum absolute atomic E-state index is 0.0170. The summed E-state index contributed by atoms with van der Waals surface area (Å²) >= 11 is 1.29. The van der Waals surface area contributed by atoms with E-state index in [-0.39, 0.29) is 17.4 Å². The zero-order valence-electron chi connectivity index (χ0n) is 10.5. The van der Waals surface area contributed by atoms with Crippen molar-refractivity contribution in [3.63, 3.8) is 0 Å². The summed E-state index contributed by atoms with van der Waals surface area (Å²) in [6, 6.07) is 4.74. The lowest BCUT2D eigenvalue weighted by Crippen LogP contribution is -2.20. The molecular formula is C14H12N2O3S. The van der Waals surface area contributed by atoms with Gasteiger partial charge in [0.05, 0.1) is 15.8 Å². The van der Waals surface area contributed by atoms with Crippen LogP contribution in [0.25, 0.3) is 10.2 Å². The molecule has 1 heterocycles. The molecule has 0 saturated heterocycles. The maximum absolute atomic E-state index is 12.0. The number of carboxylic acids is 1. The van der Waals surface area contributed by atoms with Gasteiger partial charge in [0.25, 0.3) is 0 Å². The Kier molecular flexibility index (Phi) is 3.23. The number of carbonyl (C=O) groups is 2. The summed E-state index contributed by atoms with van der Waals surface area (Å²) in [4.78, 5) is 27.2. The normalized spacial score (nSPS) is 14.8. The van der Waals surface area contributed by atoms with Crippen LogP contribution >= 0.6 is 11.3 Å². The van der Waals surface area contributed by atoms with E-state index >= 15 is 0 Å². The summed E-state index contributed by atoms with van der Waals surface area (Å²) in [5.41, 5.74) is 0.916. The van der Waals surface area contributed by atoms with E-state index in [2.05, 4.69) is 10.3 Å². The number of benzene rings is 1. The molecule has 0 saturated carbocycles. The van der Waals surface area contributed by atoms with E-state index in [0.717, 1.165) is 17.5 Å². The third-order valence-corrected chi connectivity index (χ3v) is 4.18. The standard InChI is InChI=1S/C14H12N2O3S/c17-12(8-3-1-2-4-8)16-14-15-10-6-5-9(13(18)19)7-11(10)20-14/h1-2,5-8H,3-4H2,(H,18,19)(H,15,16,17). The fraction of sp³-hybridized carbons (Fsp3) is 0.214. The summed E-state index contributed by atoms with van der Waals surface area (Å²) in [6.07, 6.45) is 5.53. The zero-order valence-corrected chi connectivity index (χ0v) is 11.3. The van der Waals surface area contributed by atoms with Gasteiger partial charge in [-0.3, -0.25) is 4.79 Å². The molecule has 1 aromatic carbocycles. The highest BCUT2D eigenvalue weighted by Crippen LogP contribution is 2.28. The number of aromatic carboxylic acids is 1. The third-order valence-electron chi connectivity index (χ3n) is 3.24. The van der Waals surface area contributed by atoms with E-state index in [1.165, 1.54) is 17.4 Å². The number of aromatic nitrogens is 1. The Bertz CT molecular complexity index is 712. The molecule has 102 valence electrons. The Hall–Kier alpha value is -2.21. The van der Waals surface area contributed by atoms with Crippen molar-refractivity contribution in [2.45, 2.75) is 12.8 Å². The van der Waals surface area contributed by atoms with Crippen molar-refractivity contribution in [1.82, 2.24) is 4.98 Å². The first-order valence-corrected chi connectivity index (χ1v) is 7.05. The Morgan fingerprint density at radius 3 is 2.75 bits per heavy atom. The average Bonchev–Trinajstić information content (AvgIpc) is 3.06. The van der Waals surface area contributed by atoms with Crippen molar-refractivity contribution in [2.75, 3.05) is 5.32 Å². The molecule has 5 nitrogen and oxygen atoms in total. The Morgan fingerprint density at radius 1 is 1.30 bits per heavy atom. The predicted octanol–water partition coefficient (Wildman–Crippen LogP) is 2.90. The summed E-state index contributed by atoms with van der Waals surface area (Å²) in [5, 5.41) is 12.3. The van der Waals surface area contributed by atoms with Crippen molar-refractivity contribution in [3.8, 4) is 0 Å². The van der Waals surface area contributed by atoms with Crippen LogP contribution in [-0.4, -0.2) is 22.0 Å². The number of anilines is 1. The molecule has 0 unspecified atom stereocenters. The molecule has 0 bridgehead atoms. The molecule has 6 heteroatoms. The molecule has 2 aromatic rings. The molecule has 0 spiro atoms. The average molecular weight is 288 g/mol. The maximum atomic E-state index is 12.0. The fourth-order valence-electron chi connectivity index (χ4n) is 2.15. The summed E-state index contributed by atoms with van der Waals surface area (Å²) in [6.45, 7) is 0. The summed E-state index contributed by atoms with van der Waals surface area (Å²) < 4.78 is 0.754. The molecule has 0 atom stereocenters. The van der Waals surface area contributed by atoms with Gasteiger partial charge in [-0.1, -0.05) is 23.5 Å². The Labute approximate surface area is 118 Å². The van der Waals surface area contributed by atoms with Crippen LogP contribution < -0.4 is 5.32 Å². The van der Waals surface area contributed by atoms with Gasteiger partial charge in [0.15, 0.2) is 5.13 Å². The van der Waals surface area contributed by atoms with Crippen LogP contribution in [0.2, 0.25) is 0 Å². The van der Waals surface area contributed by atoms with Crippen LogP contribution in [-0.2, 0) is 4.79 Å². The second-order valence-electron chi connectivity index (χ2n) is 4.64. The minimum atomic E-state index is -0.970. The molecule has 1 amide bonds. The molecular weight excluding hydrogens is 276 g/mol. The molecule has 2 N–H and O–H groups in total. The molecule has 20 heavy (non-hydrogen) atoms. The number of rotatable bonds is 3. The van der Waals surface area contributed by atoms with E-state index in [4.69, 9.17) is 5.11 Å². The molecule has 1 aliphatic carbocycles. The lowest BCUT2D eigenvalue weighted by atomic mass is 10.1. The first-order valence-electron chi connectivity index (χ1n) is 6.23. The Balaban J connectivity index is 1.82. The van der Waals surface area contributed by atoms with Crippen molar-refractivity contribution < 1.29 is 14.7 Å². The number of carboxylic acid groups (broad SMARTS) is 1. The van der Waals surface area contributed by atoms with Gasteiger partial charge in [-0.2, -0.15) is 0 Å². The number of thiazole rings is 1. The Morgan fingerprint density at radius 2 is 2.05 bits per heavy atom. The van der Waals surface area contributed by atoms with Gasteiger partial charge in [-0.25, -0.2) is 9.78 Å². The largest absolute Gasteiger partial charge is 0.478 e. The van der Waals surface area contributed by atoms with Crippen LogP contribution in [0.1, 0.15) is 23.2 Å². The minimum Gasteiger partial charge on any atom is -0.478 e. The van der Waals surface area contributed by atoms with Crippen LogP contribution in [0.5, 0.6) is 0 Å². The molecule has 1 aromatic heterocycles. The number of amides is 1. The van der Waals surface area contributed by atoms with Gasteiger partial charge >= 0.3 is 5.97 Å². The smallest absolute Gasteiger partial charge is 0.335 e. The monoisotopic (exact) mass is 288 g/mol. The predicted molar refractivity (Wildman–Crippen MR) is 77.1 cm³/mol. The highest BCUT2D eigenvalue weighted by atomic mass is 32.1. The quantitative estimate of drug-likeness (QED) is 0.851. The molecule has 1 aliphatic rings. The maximum Gasteiger partial charge on any atom is 0.335 e. The number of allylic oxidation sites excluding steroid dienone is 2. The van der Waals surface area contributed by atoms with Gasteiger partial charge in [-0.05, 0) is 31.0 Å².